The number of rotatable bonds is 6. The quantitative estimate of drug-likeness (QED) is 0.508. The molecule has 0 aliphatic carbocycles. The number of carbonyl (C=O) groups is 3. The smallest absolute Gasteiger partial charge is 0.313 e. The number of ether oxygens (including phenoxy) is 1. The lowest BCUT2D eigenvalue weighted by molar-refractivity contribution is -0.150. The minimum absolute atomic E-state index is 0.236. The van der Waals surface area contributed by atoms with Crippen LogP contribution < -0.4 is 0 Å². The van der Waals surface area contributed by atoms with E-state index in [0.717, 1.165) is 0 Å². The number of carboxylic acid groups (broad SMARTS) is 1. The first-order valence-electron chi connectivity index (χ1n) is 4.38. The second kappa shape index (κ2) is 6.12. The fraction of sp³-hybridized carbons (Fsp3) is 0.667. The molecule has 0 amide bonds. The summed E-state index contributed by atoms with van der Waals surface area (Å²) in [4.78, 5) is 31.9. The second-order valence-corrected chi connectivity index (χ2v) is 2.99. The third kappa shape index (κ3) is 6.16. The van der Waals surface area contributed by atoms with Crippen LogP contribution in [0.1, 0.15) is 33.1 Å². The number of aliphatic carboxylic acids is 1. The van der Waals surface area contributed by atoms with Gasteiger partial charge in [-0.1, -0.05) is 6.92 Å². The topological polar surface area (TPSA) is 80.7 Å². The molecule has 14 heavy (non-hydrogen) atoms. The van der Waals surface area contributed by atoms with Gasteiger partial charge in [-0.05, 0) is 13.3 Å². The fourth-order valence-corrected chi connectivity index (χ4v) is 0.742. The Bertz CT molecular complexity index is 233. The number of hydrogen-bond acceptors (Lipinski definition) is 4. The molecule has 1 N–H and O–H groups in total. The molecule has 80 valence electrons. The van der Waals surface area contributed by atoms with E-state index < -0.39 is 30.6 Å². The van der Waals surface area contributed by atoms with Crippen molar-refractivity contribution in [1.82, 2.24) is 0 Å². The Kier molecular flexibility index (Phi) is 5.52. The van der Waals surface area contributed by atoms with E-state index in [1.165, 1.54) is 0 Å². The van der Waals surface area contributed by atoms with E-state index >= 15 is 0 Å². The van der Waals surface area contributed by atoms with Crippen LogP contribution in [0.2, 0.25) is 0 Å². The average Bonchev–Trinajstić information content (AvgIpc) is 2.01. The summed E-state index contributed by atoms with van der Waals surface area (Å²) in [5, 5.41) is 8.25. The molecule has 0 aromatic heterocycles. The van der Waals surface area contributed by atoms with E-state index in [1.807, 2.05) is 6.92 Å². The molecule has 1 atom stereocenters. The maximum atomic E-state index is 11.0. The first-order chi connectivity index (χ1) is 6.45. The third-order valence-electron chi connectivity index (χ3n) is 1.60. The van der Waals surface area contributed by atoms with Crippen LogP contribution >= 0.6 is 0 Å². The second-order valence-electron chi connectivity index (χ2n) is 2.99. The molecule has 0 aromatic rings. The van der Waals surface area contributed by atoms with Crippen LogP contribution in [0.4, 0.5) is 0 Å². The van der Waals surface area contributed by atoms with Gasteiger partial charge in [0.2, 0.25) is 0 Å². The Hall–Kier alpha value is -1.39. The summed E-state index contributed by atoms with van der Waals surface area (Å²) in [6.07, 6.45) is -0.661. The lowest BCUT2D eigenvalue weighted by Gasteiger charge is -2.09. The summed E-state index contributed by atoms with van der Waals surface area (Å²) in [5.41, 5.74) is 0. The van der Waals surface area contributed by atoms with Gasteiger partial charge in [-0.15, -0.1) is 0 Å². The molecule has 0 radical (unpaired) electrons. The molecule has 0 fully saturated rings. The van der Waals surface area contributed by atoms with Crippen molar-refractivity contribution in [1.29, 1.82) is 0 Å². The lowest BCUT2D eigenvalue weighted by Crippen LogP contribution is -2.18. The maximum absolute atomic E-state index is 11.0. The predicted octanol–water partition coefficient (Wildman–Crippen LogP) is 0.762. The molecule has 0 saturated heterocycles. The molecule has 1 unspecified atom stereocenters. The molecule has 0 spiro atoms. The Morgan fingerprint density at radius 3 is 2.29 bits per heavy atom. The van der Waals surface area contributed by atoms with Crippen molar-refractivity contribution >= 4 is 17.7 Å². The Labute approximate surface area is 82.1 Å². The van der Waals surface area contributed by atoms with Crippen molar-refractivity contribution in [3.63, 3.8) is 0 Å². The molecule has 0 rings (SSSR count). The zero-order valence-corrected chi connectivity index (χ0v) is 8.28. The molecule has 0 bridgehead atoms. The summed E-state index contributed by atoms with van der Waals surface area (Å²) >= 11 is 0. The first-order valence-corrected chi connectivity index (χ1v) is 4.38. The molecular formula is C9H14O5. The van der Waals surface area contributed by atoms with E-state index in [2.05, 4.69) is 0 Å². The van der Waals surface area contributed by atoms with Gasteiger partial charge >= 0.3 is 11.9 Å². The Morgan fingerprint density at radius 2 is 1.86 bits per heavy atom. The SMILES string of the molecule is CCC(C)OC(=O)CC(=O)CC(=O)O. The molecule has 5 nitrogen and oxygen atoms in total. The summed E-state index contributed by atoms with van der Waals surface area (Å²) in [6, 6.07) is 0. The van der Waals surface area contributed by atoms with Crippen LogP contribution in [0.25, 0.3) is 0 Å². The highest BCUT2D eigenvalue weighted by Crippen LogP contribution is 2.00. The summed E-state index contributed by atoms with van der Waals surface area (Å²) in [5.74, 6) is -2.53. The molecule has 0 aliphatic heterocycles. The highest BCUT2D eigenvalue weighted by molar-refractivity contribution is 6.03. The summed E-state index contributed by atoms with van der Waals surface area (Å²) in [7, 11) is 0. The highest BCUT2D eigenvalue weighted by Gasteiger charge is 2.15. The minimum Gasteiger partial charge on any atom is -0.481 e. The number of esters is 1. The third-order valence-corrected chi connectivity index (χ3v) is 1.60. The van der Waals surface area contributed by atoms with E-state index in [0.29, 0.717) is 6.42 Å². The molecule has 0 heterocycles. The number of hydrogen-bond donors (Lipinski definition) is 1. The van der Waals surface area contributed by atoms with Gasteiger partial charge in [-0.2, -0.15) is 0 Å². The fourth-order valence-electron chi connectivity index (χ4n) is 0.742. The number of ketones is 1. The zero-order valence-electron chi connectivity index (χ0n) is 8.28. The van der Waals surface area contributed by atoms with Crippen LogP contribution in [0.15, 0.2) is 0 Å². The molecule has 0 aliphatic rings. The van der Waals surface area contributed by atoms with E-state index in [-0.39, 0.29) is 6.10 Å². The number of Topliss-reactive ketones (excluding diaryl/α,β-unsaturated/α-hetero) is 1. The van der Waals surface area contributed by atoms with Crippen LogP contribution in [-0.2, 0) is 19.1 Å². The van der Waals surface area contributed by atoms with Crippen molar-refractivity contribution in [3.05, 3.63) is 0 Å². The summed E-state index contributed by atoms with van der Waals surface area (Å²) in [6.45, 7) is 3.55. The van der Waals surface area contributed by atoms with Crippen molar-refractivity contribution in [3.8, 4) is 0 Å². The van der Waals surface area contributed by atoms with Gasteiger partial charge in [-0.25, -0.2) is 0 Å². The van der Waals surface area contributed by atoms with Crippen molar-refractivity contribution < 1.29 is 24.2 Å². The van der Waals surface area contributed by atoms with Gasteiger partial charge in [0.15, 0.2) is 5.78 Å². The lowest BCUT2D eigenvalue weighted by atomic mass is 10.2. The van der Waals surface area contributed by atoms with E-state index in [1.54, 1.807) is 6.92 Å². The standard InChI is InChI=1S/C9H14O5/c1-3-6(2)14-9(13)5-7(10)4-8(11)12/h6H,3-5H2,1-2H3,(H,11,12). The predicted molar refractivity (Wildman–Crippen MR) is 47.7 cm³/mol. The Morgan fingerprint density at radius 1 is 1.29 bits per heavy atom. The Balaban J connectivity index is 3.82. The van der Waals surface area contributed by atoms with Crippen LogP contribution in [0.3, 0.4) is 0 Å². The highest BCUT2D eigenvalue weighted by atomic mass is 16.5. The van der Waals surface area contributed by atoms with E-state index in [9.17, 15) is 14.4 Å². The largest absolute Gasteiger partial charge is 0.481 e. The van der Waals surface area contributed by atoms with Gasteiger partial charge in [0.1, 0.15) is 12.8 Å². The van der Waals surface area contributed by atoms with Gasteiger partial charge in [-0.3, -0.25) is 14.4 Å². The monoisotopic (exact) mass is 202 g/mol. The van der Waals surface area contributed by atoms with Gasteiger partial charge in [0, 0.05) is 0 Å². The van der Waals surface area contributed by atoms with Gasteiger partial charge < -0.3 is 9.84 Å². The van der Waals surface area contributed by atoms with E-state index in [4.69, 9.17) is 9.84 Å². The molecular weight excluding hydrogens is 188 g/mol. The van der Waals surface area contributed by atoms with Crippen LogP contribution in [-0.4, -0.2) is 28.9 Å². The van der Waals surface area contributed by atoms with Crippen molar-refractivity contribution in [2.45, 2.75) is 39.2 Å². The number of carbonyl (C=O) groups excluding carboxylic acids is 2. The van der Waals surface area contributed by atoms with Crippen molar-refractivity contribution in [2.24, 2.45) is 0 Å². The molecule has 0 aromatic carbocycles. The minimum atomic E-state index is -1.23. The van der Waals surface area contributed by atoms with Crippen molar-refractivity contribution in [2.75, 3.05) is 0 Å². The normalized spacial score (nSPS) is 11.9. The zero-order chi connectivity index (χ0) is 11.1. The first kappa shape index (κ1) is 12.6. The molecule has 5 heteroatoms. The summed E-state index contributed by atoms with van der Waals surface area (Å²) < 4.78 is 4.80. The average molecular weight is 202 g/mol. The van der Waals surface area contributed by atoms with Crippen LogP contribution in [0, 0.1) is 0 Å². The molecule has 0 saturated carbocycles. The van der Waals surface area contributed by atoms with Crippen LogP contribution in [0.5, 0.6) is 0 Å². The number of carboxylic acids is 1. The van der Waals surface area contributed by atoms with Gasteiger partial charge in [0.25, 0.3) is 0 Å². The van der Waals surface area contributed by atoms with Gasteiger partial charge in [0.05, 0.1) is 6.10 Å². The maximum Gasteiger partial charge on any atom is 0.313 e.